The van der Waals surface area contributed by atoms with E-state index in [1.807, 2.05) is 6.92 Å². The van der Waals surface area contributed by atoms with E-state index in [1.54, 1.807) is 26.0 Å². The number of allylic oxidation sites excluding steroid dienone is 4. The molecule has 0 aromatic heterocycles. The minimum absolute atomic E-state index is 0.0354. The lowest BCUT2D eigenvalue weighted by Crippen LogP contribution is -2.37. The summed E-state index contributed by atoms with van der Waals surface area (Å²) in [5.74, 6) is -2.38. The third-order valence-electron chi connectivity index (χ3n) is 7.24. The number of carbonyl (C=O) groups is 4. The van der Waals surface area contributed by atoms with E-state index in [2.05, 4.69) is 10.6 Å². The Morgan fingerprint density at radius 1 is 1.19 bits per heavy atom. The van der Waals surface area contributed by atoms with Crippen LogP contribution in [-0.4, -0.2) is 79.0 Å². The van der Waals surface area contributed by atoms with Crippen molar-refractivity contribution in [1.29, 1.82) is 0 Å². The van der Waals surface area contributed by atoms with Crippen molar-refractivity contribution in [2.75, 3.05) is 20.8 Å². The Balaban J connectivity index is 2.63. The van der Waals surface area contributed by atoms with Crippen LogP contribution >= 0.6 is 0 Å². The van der Waals surface area contributed by atoms with Crippen molar-refractivity contribution in [3.05, 3.63) is 70.8 Å². The predicted molar refractivity (Wildman–Crippen MR) is 159 cm³/mol. The minimum atomic E-state index is -1.01. The average Bonchev–Trinajstić information content (AvgIpc) is 2.95. The highest BCUT2D eigenvalue weighted by Crippen LogP contribution is 2.28. The highest BCUT2D eigenvalue weighted by Gasteiger charge is 2.33. The number of aliphatic hydroxyl groups is 2. The smallest absolute Gasteiger partial charge is 0.405 e. The zero-order valence-corrected chi connectivity index (χ0v) is 25.5. The molecule has 1 aliphatic carbocycles. The Bertz CT molecular complexity index is 1240. The summed E-state index contributed by atoms with van der Waals surface area (Å²) in [4.78, 5) is 51.3. The maximum Gasteiger partial charge on any atom is 0.405 e. The summed E-state index contributed by atoms with van der Waals surface area (Å²) in [5, 5.41) is 25.7. The van der Waals surface area contributed by atoms with E-state index < -0.39 is 53.9 Å². The number of aliphatic hydroxyl groups excluding tert-OH is 2. The largest absolute Gasteiger partial charge is 0.439 e. The van der Waals surface area contributed by atoms with Crippen LogP contribution in [0.1, 0.15) is 40.5 Å². The number of hydrogen-bond donors (Lipinski definition) is 5. The van der Waals surface area contributed by atoms with Crippen LogP contribution in [0.25, 0.3) is 0 Å². The van der Waals surface area contributed by atoms with Crippen molar-refractivity contribution in [2.45, 2.75) is 65.0 Å². The van der Waals surface area contributed by atoms with E-state index in [-0.39, 0.29) is 41.5 Å². The lowest BCUT2D eigenvalue weighted by Gasteiger charge is -2.30. The Morgan fingerprint density at radius 2 is 1.88 bits per heavy atom. The van der Waals surface area contributed by atoms with Crippen LogP contribution in [0.3, 0.4) is 0 Å². The molecule has 43 heavy (non-hydrogen) atoms. The molecule has 0 aromatic rings. The fraction of sp³-hybridized carbons (Fsp3) is 0.484. The molecule has 2 rings (SSSR count). The molecule has 2 aliphatic rings. The van der Waals surface area contributed by atoms with E-state index >= 15 is 0 Å². The average molecular weight is 602 g/mol. The van der Waals surface area contributed by atoms with E-state index in [1.165, 1.54) is 45.6 Å². The summed E-state index contributed by atoms with van der Waals surface area (Å²) in [6.07, 6.45) is 6.20. The summed E-state index contributed by atoms with van der Waals surface area (Å²) in [6.45, 7) is 6.62. The number of primary amides is 1. The van der Waals surface area contributed by atoms with Gasteiger partial charge in [-0.3, -0.25) is 14.4 Å². The molecule has 0 fully saturated rings. The Kier molecular flexibility index (Phi) is 13.7. The van der Waals surface area contributed by atoms with E-state index in [0.29, 0.717) is 12.0 Å². The van der Waals surface area contributed by atoms with Gasteiger partial charge in [0.15, 0.2) is 6.10 Å². The molecule has 0 radical (unpaired) electrons. The first kappa shape index (κ1) is 35.4. The van der Waals surface area contributed by atoms with Crippen LogP contribution in [0.4, 0.5) is 4.79 Å². The summed E-state index contributed by atoms with van der Waals surface area (Å²) in [7, 11) is 2.89. The lowest BCUT2D eigenvalue weighted by atomic mass is 9.85. The van der Waals surface area contributed by atoms with Crippen LogP contribution in [0.2, 0.25) is 0 Å². The molecule has 12 nitrogen and oxygen atoms in total. The molecule has 0 saturated heterocycles. The van der Waals surface area contributed by atoms with Crippen molar-refractivity contribution in [2.24, 2.45) is 17.6 Å². The third kappa shape index (κ3) is 9.85. The van der Waals surface area contributed by atoms with Crippen molar-refractivity contribution < 1.29 is 43.6 Å². The van der Waals surface area contributed by atoms with Gasteiger partial charge in [0.25, 0.3) is 5.91 Å². The molecule has 6 atom stereocenters. The zero-order valence-electron chi connectivity index (χ0n) is 25.5. The van der Waals surface area contributed by atoms with Gasteiger partial charge in [-0.1, -0.05) is 38.2 Å². The van der Waals surface area contributed by atoms with Gasteiger partial charge < -0.3 is 40.8 Å². The number of nitrogens with one attached hydrogen (secondary N) is 2. The number of hydrogen-bond acceptors (Lipinski definition) is 10. The Morgan fingerprint density at radius 3 is 2.49 bits per heavy atom. The quantitative estimate of drug-likeness (QED) is 0.222. The van der Waals surface area contributed by atoms with Gasteiger partial charge in [-0.25, -0.2) is 4.79 Å². The number of rotatable bonds is 6. The second-order valence-corrected chi connectivity index (χ2v) is 10.7. The number of amides is 2. The van der Waals surface area contributed by atoms with Crippen LogP contribution in [0, 0.1) is 11.8 Å². The number of methoxy groups -OCH3 is 2. The first-order chi connectivity index (χ1) is 20.3. The maximum atomic E-state index is 13.6. The van der Waals surface area contributed by atoms with Gasteiger partial charge in [0.2, 0.25) is 11.6 Å². The minimum Gasteiger partial charge on any atom is -0.439 e. The fourth-order valence-corrected chi connectivity index (χ4v) is 4.94. The van der Waals surface area contributed by atoms with Crippen molar-refractivity contribution in [3.63, 3.8) is 0 Å². The van der Waals surface area contributed by atoms with Crippen LogP contribution in [-0.2, 0) is 28.6 Å². The summed E-state index contributed by atoms with van der Waals surface area (Å²) in [5.41, 5.74) is 6.14. The van der Waals surface area contributed by atoms with Crippen LogP contribution < -0.4 is 16.4 Å². The molecule has 2 amide bonds. The van der Waals surface area contributed by atoms with Crippen LogP contribution in [0.15, 0.2) is 70.8 Å². The topological polar surface area (TPSA) is 187 Å². The molecule has 1 aliphatic heterocycles. The number of nitrogens with two attached hydrogens (primary N) is 1. The summed E-state index contributed by atoms with van der Waals surface area (Å²) >= 11 is 0. The lowest BCUT2D eigenvalue weighted by molar-refractivity contribution is -0.120. The van der Waals surface area contributed by atoms with E-state index in [0.717, 1.165) is 6.08 Å². The molecular formula is C31H43N3O9. The van der Waals surface area contributed by atoms with Gasteiger partial charge >= 0.3 is 6.09 Å². The Hall–Kier alpha value is -3.84. The molecule has 6 N–H and O–H groups in total. The fourth-order valence-electron chi connectivity index (χ4n) is 4.94. The summed E-state index contributed by atoms with van der Waals surface area (Å²) < 4.78 is 16.5. The number of carbonyl (C=O) groups excluding carboxylic acids is 4. The van der Waals surface area contributed by atoms with Crippen LogP contribution in [0.5, 0.6) is 0 Å². The molecule has 0 spiro atoms. The maximum absolute atomic E-state index is 13.6. The first-order valence-corrected chi connectivity index (χ1v) is 13.9. The highest BCUT2D eigenvalue weighted by molar-refractivity contribution is 6.23. The van der Waals surface area contributed by atoms with Gasteiger partial charge in [0, 0.05) is 37.4 Å². The summed E-state index contributed by atoms with van der Waals surface area (Å²) in [6, 6.07) is 0. The molecule has 0 aromatic carbocycles. The van der Waals surface area contributed by atoms with Gasteiger partial charge in [0.05, 0.1) is 30.2 Å². The molecule has 0 saturated carbocycles. The van der Waals surface area contributed by atoms with Gasteiger partial charge in [-0.15, -0.1) is 0 Å². The van der Waals surface area contributed by atoms with Gasteiger partial charge in [-0.05, 0) is 50.5 Å². The predicted octanol–water partition coefficient (Wildman–Crippen LogP) is 1.86. The van der Waals surface area contributed by atoms with Crippen molar-refractivity contribution in [3.8, 4) is 0 Å². The molecule has 12 heteroatoms. The van der Waals surface area contributed by atoms with E-state index in [9.17, 15) is 24.3 Å². The molecule has 236 valence electrons. The first-order valence-electron chi connectivity index (χ1n) is 13.9. The number of Topliss-reactive ketones (excluding diaryl/α,β-unsaturated/α-hetero) is 1. The Labute approximate surface area is 252 Å². The second-order valence-electron chi connectivity index (χ2n) is 10.7. The highest BCUT2D eigenvalue weighted by atomic mass is 16.6. The number of ether oxygens (including phenoxy) is 3. The second kappa shape index (κ2) is 16.7. The van der Waals surface area contributed by atoms with Gasteiger partial charge in [-0.2, -0.15) is 0 Å². The van der Waals surface area contributed by atoms with Crippen molar-refractivity contribution in [1.82, 2.24) is 10.6 Å². The molecular weight excluding hydrogens is 558 g/mol. The SMILES string of the molecule is CO[C@H]1/C=C\C=C(/C)C(=O)NC2=CC(=O)C(N/C=C/CO)=C(C[C@@H](C)C[C@H](OC)[C@H](O)[C@@H](C)/C=C(\C)[C@@H]1OC(N)=O)C2=O. The number of fused-ring (bicyclic) bond motifs is 2. The standard InChI is InChI=1S/C31H43N3O9/c1-17-13-21-26(33-11-8-12-35)23(36)16-22(28(21)38)34-30(39)18(2)9-7-10-24(41-5)29(43-31(32)40)20(4)15-19(3)27(37)25(14-17)42-6/h7-11,15-17,19,24-25,27,29,33,35,37H,12-14H2,1-6H3,(H2,32,40)(H,34,39)/b10-7-,11-8+,18-9+,20-15+/t17-,19+,24+,25+,27-,29+/m1/s1. The molecule has 0 unspecified atom stereocenters. The molecule has 1 heterocycles. The zero-order chi connectivity index (χ0) is 32.3. The normalized spacial score (nSPS) is 31.4. The third-order valence-corrected chi connectivity index (χ3v) is 7.24. The van der Waals surface area contributed by atoms with E-state index in [4.69, 9.17) is 25.1 Å². The monoisotopic (exact) mass is 601 g/mol. The van der Waals surface area contributed by atoms with Gasteiger partial charge in [0.1, 0.15) is 6.10 Å². The van der Waals surface area contributed by atoms with Crippen molar-refractivity contribution >= 4 is 23.6 Å². The number of ketones is 2. The molecule has 2 bridgehead atoms.